The quantitative estimate of drug-likeness (QED) is 0.649. The fraction of sp³-hybridized carbons (Fsp3) is 0.524. The SMILES string of the molecule is CCCOc1cn(-c2ccccc2)nc1C(=O)NCC1(COC)CCNCC1.Cl. The molecule has 0 aliphatic carbocycles. The fourth-order valence-corrected chi connectivity index (χ4v) is 3.53. The Balaban J connectivity index is 0.00000300. The summed E-state index contributed by atoms with van der Waals surface area (Å²) in [6.07, 6.45) is 4.58. The minimum absolute atomic E-state index is 0. The molecule has 0 saturated carbocycles. The van der Waals surface area contributed by atoms with E-state index in [1.54, 1.807) is 18.0 Å². The summed E-state index contributed by atoms with van der Waals surface area (Å²) in [5.74, 6) is 0.295. The Labute approximate surface area is 178 Å². The zero-order valence-electron chi connectivity index (χ0n) is 17.1. The molecule has 2 N–H and O–H groups in total. The molecule has 1 aliphatic heterocycles. The number of methoxy groups -OCH3 is 1. The van der Waals surface area contributed by atoms with Crippen LogP contribution in [-0.4, -0.2) is 55.6 Å². The summed E-state index contributed by atoms with van der Waals surface area (Å²) in [5, 5.41) is 10.9. The van der Waals surface area contributed by atoms with E-state index < -0.39 is 0 Å². The van der Waals surface area contributed by atoms with Crippen LogP contribution in [0.5, 0.6) is 5.75 Å². The summed E-state index contributed by atoms with van der Waals surface area (Å²) < 4.78 is 12.9. The lowest BCUT2D eigenvalue weighted by atomic mass is 9.79. The van der Waals surface area contributed by atoms with Crippen molar-refractivity contribution in [1.29, 1.82) is 0 Å². The fourth-order valence-electron chi connectivity index (χ4n) is 3.53. The van der Waals surface area contributed by atoms with Gasteiger partial charge in [-0.3, -0.25) is 4.79 Å². The van der Waals surface area contributed by atoms with E-state index >= 15 is 0 Å². The summed E-state index contributed by atoms with van der Waals surface area (Å²) in [6, 6.07) is 9.72. The number of para-hydroxylation sites is 1. The second-order valence-electron chi connectivity index (χ2n) is 7.34. The number of piperidine rings is 1. The van der Waals surface area contributed by atoms with Crippen molar-refractivity contribution in [2.75, 3.05) is 40.0 Å². The highest BCUT2D eigenvalue weighted by Crippen LogP contribution is 2.28. The predicted octanol–water partition coefficient (Wildman–Crippen LogP) is 2.83. The molecule has 0 atom stereocenters. The van der Waals surface area contributed by atoms with E-state index in [0.29, 0.717) is 31.2 Å². The zero-order valence-corrected chi connectivity index (χ0v) is 18.0. The number of hydrogen-bond donors (Lipinski definition) is 2. The van der Waals surface area contributed by atoms with Gasteiger partial charge in [0, 0.05) is 19.1 Å². The Kier molecular flexibility index (Phi) is 8.95. The van der Waals surface area contributed by atoms with Gasteiger partial charge >= 0.3 is 0 Å². The van der Waals surface area contributed by atoms with E-state index in [4.69, 9.17) is 9.47 Å². The highest BCUT2D eigenvalue weighted by atomic mass is 35.5. The van der Waals surface area contributed by atoms with Crippen molar-refractivity contribution < 1.29 is 14.3 Å². The minimum atomic E-state index is -0.213. The van der Waals surface area contributed by atoms with Gasteiger partial charge in [0.1, 0.15) is 0 Å². The molecule has 0 spiro atoms. The molecular formula is C21H31ClN4O3. The van der Waals surface area contributed by atoms with E-state index in [9.17, 15) is 4.79 Å². The number of nitrogens with zero attached hydrogens (tertiary/aromatic N) is 2. The molecule has 0 radical (unpaired) electrons. The van der Waals surface area contributed by atoms with Crippen LogP contribution in [-0.2, 0) is 4.74 Å². The first-order chi connectivity index (χ1) is 13.7. The average Bonchev–Trinajstić information content (AvgIpc) is 3.16. The molecule has 2 aromatic rings. The Morgan fingerprint density at radius 2 is 2.00 bits per heavy atom. The van der Waals surface area contributed by atoms with Gasteiger partial charge in [-0.15, -0.1) is 12.4 Å². The van der Waals surface area contributed by atoms with Crippen LogP contribution < -0.4 is 15.4 Å². The molecule has 8 heteroatoms. The topological polar surface area (TPSA) is 77.4 Å². The molecule has 0 unspecified atom stereocenters. The van der Waals surface area contributed by atoms with E-state index in [2.05, 4.69) is 15.7 Å². The van der Waals surface area contributed by atoms with Crippen molar-refractivity contribution in [3.8, 4) is 11.4 Å². The number of benzene rings is 1. The second-order valence-corrected chi connectivity index (χ2v) is 7.34. The number of carbonyl (C=O) groups is 1. The van der Waals surface area contributed by atoms with Gasteiger partial charge in [-0.2, -0.15) is 5.10 Å². The molecule has 160 valence electrons. The molecule has 3 rings (SSSR count). The maximum Gasteiger partial charge on any atom is 0.275 e. The van der Waals surface area contributed by atoms with Crippen LogP contribution in [0.25, 0.3) is 5.69 Å². The van der Waals surface area contributed by atoms with Crippen LogP contribution in [0, 0.1) is 5.41 Å². The Bertz CT molecular complexity index is 755. The number of halogens is 1. The van der Waals surface area contributed by atoms with Crippen molar-refractivity contribution in [2.45, 2.75) is 26.2 Å². The van der Waals surface area contributed by atoms with Gasteiger partial charge < -0.3 is 20.1 Å². The van der Waals surface area contributed by atoms with E-state index in [-0.39, 0.29) is 23.7 Å². The van der Waals surface area contributed by atoms with E-state index in [0.717, 1.165) is 38.0 Å². The van der Waals surface area contributed by atoms with Gasteiger partial charge in [0.15, 0.2) is 11.4 Å². The van der Waals surface area contributed by atoms with Gasteiger partial charge in [0.05, 0.1) is 25.1 Å². The summed E-state index contributed by atoms with van der Waals surface area (Å²) in [5.41, 5.74) is 1.16. The van der Waals surface area contributed by atoms with Gasteiger partial charge in [0.25, 0.3) is 5.91 Å². The third kappa shape index (κ3) is 5.95. The van der Waals surface area contributed by atoms with Crippen molar-refractivity contribution in [1.82, 2.24) is 20.4 Å². The summed E-state index contributed by atoms with van der Waals surface area (Å²) in [4.78, 5) is 12.9. The smallest absolute Gasteiger partial charge is 0.275 e. The molecule has 1 aromatic heterocycles. The number of nitrogens with one attached hydrogen (secondary N) is 2. The molecule has 2 heterocycles. The van der Waals surface area contributed by atoms with Gasteiger partial charge in [-0.25, -0.2) is 4.68 Å². The zero-order chi connectivity index (χ0) is 19.8. The first kappa shape index (κ1) is 23.2. The molecule has 1 saturated heterocycles. The van der Waals surface area contributed by atoms with E-state index in [1.165, 1.54) is 0 Å². The average molecular weight is 423 g/mol. The predicted molar refractivity (Wildman–Crippen MR) is 115 cm³/mol. The summed E-state index contributed by atoms with van der Waals surface area (Å²) >= 11 is 0. The lowest BCUT2D eigenvalue weighted by molar-refractivity contribution is 0.0510. The molecule has 1 fully saturated rings. The Morgan fingerprint density at radius 1 is 1.28 bits per heavy atom. The highest BCUT2D eigenvalue weighted by Gasteiger charge is 2.33. The Hall–Kier alpha value is -2.09. The van der Waals surface area contributed by atoms with Crippen LogP contribution in [0.15, 0.2) is 36.5 Å². The highest BCUT2D eigenvalue weighted by molar-refractivity contribution is 5.95. The molecule has 0 bridgehead atoms. The van der Waals surface area contributed by atoms with E-state index in [1.807, 2.05) is 37.3 Å². The third-order valence-corrected chi connectivity index (χ3v) is 5.12. The van der Waals surface area contributed by atoms with Gasteiger partial charge in [-0.1, -0.05) is 25.1 Å². The van der Waals surface area contributed by atoms with Gasteiger partial charge in [-0.05, 0) is 44.5 Å². The second kappa shape index (κ2) is 11.2. The monoisotopic (exact) mass is 422 g/mol. The van der Waals surface area contributed by atoms with Crippen LogP contribution in [0.3, 0.4) is 0 Å². The lowest BCUT2D eigenvalue weighted by Crippen LogP contribution is -2.47. The molecular weight excluding hydrogens is 392 g/mol. The molecule has 7 nitrogen and oxygen atoms in total. The molecule has 1 amide bonds. The van der Waals surface area contributed by atoms with Crippen LogP contribution in [0.2, 0.25) is 0 Å². The third-order valence-electron chi connectivity index (χ3n) is 5.12. The number of amides is 1. The van der Waals surface area contributed by atoms with Crippen molar-refractivity contribution in [3.05, 3.63) is 42.2 Å². The van der Waals surface area contributed by atoms with Crippen molar-refractivity contribution >= 4 is 18.3 Å². The lowest BCUT2D eigenvalue weighted by Gasteiger charge is -2.37. The number of hydrogen-bond acceptors (Lipinski definition) is 5. The number of rotatable bonds is 9. The number of aromatic nitrogens is 2. The summed E-state index contributed by atoms with van der Waals surface area (Å²) in [6.45, 7) is 5.64. The van der Waals surface area contributed by atoms with Crippen LogP contribution >= 0.6 is 12.4 Å². The molecule has 1 aliphatic rings. The maximum atomic E-state index is 12.9. The van der Waals surface area contributed by atoms with Crippen molar-refractivity contribution in [3.63, 3.8) is 0 Å². The normalized spacial score (nSPS) is 15.4. The first-order valence-electron chi connectivity index (χ1n) is 9.93. The first-order valence-corrected chi connectivity index (χ1v) is 9.93. The standard InChI is InChI=1S/C21H30N4O3.ClH/c1-3-13-28-18-14-25(17-7-5-4-6-8-17)24-19(18)20(26)23-15-21(16-27-2)9-11-22-12-10-21;/h4-8,14,22H,3,9-13,15-16H2,1-2H3,(H,23,26);1H. The maximum absolute atomic E-state index is 12.9. The number of carbonyl (C=O) groups excluding carboxylic acids is 1. The number of ether oxygens (including phenoxy) is 2. The van der Waals surface area contributed by atoms with Crippen LogP contribution in [0.1, 0.15) is 36.7 Å². The van der Waals surface area contributed by atoms with Crippen LogP contribution in [0.4, 0.5) is 0 Å². The Morgan fingerprint density at radius 3 is 2.66 bits per heavy atom. The summed E-state index contributed by atoms with van der Waals surface area (Å²) in [7, 11) is 1.71. The van der Waals surface area contributed by atoms with Crippen molar-refractivity contribution in [2.24, 2.45) is 5.41 Å². The largest absolute Gasteiger partial charge is 0.489 e. The molecule has 1 aromatic carbocycles. The van der Waals surface area contributed by atoms with Gasteiger partial charge in [0.2, 0.25) is 0 Å². The molecule has 29 heavy (non-hydrogen) atoms. The minimum Gasteiger partial charge on any atom is -0.489 e.